The highest BCUT2D eigenvalue weighted by molar-refractivity contribution is 5.56. The number of rotatable bonds is 2. The summed E-state index contributed by atoms with van der Waals surface area (Å²) in [5.74, 6) is 2.73. The molecule has 124 valence electrons. The Bertz CT molecular complexity index is 890. The molecule has 25 heavy (non-hydrogen) atoms. The maximum atomic E-state index is 6.36. The molecule has 0 spiro atoms. The molecule has 3 heteroatoms. The molecule has 5 rings (SSSR count). The Kier molecular flexibility index (Phi) is 3.37. The average molecular weight is 330 g/mol. The van der Waals surface area contributed by atoms with Crippen molar-refractivity contribution in [2.24, 2.45) is 0 Å². The minimum atomic E-state index is 0.0271. The molecule has 3 aromatic carbocycles. The lowest BCUT2D eigenvalue weighted by atomic mass is 9.82. The SMILES string of the molecule is c1ccc([C@H]2C[C@@H](c3ccccc3)Oc3cc4c(cc32)OCO4)cc1. The normalized spacial score (nSPS) is 20.6. The molecule has 0 fully saturated rings. The van der Waals surface area contributed by atoms with Crippen LogP contribution >= 0.6 is 0 Å². The Labute approximate surface area is 146 Å². The van der Waals surface area contributed by atoms with Gasteiger partial charge in [0.1, 0.15) is 11.9 Å². The van der Waals surface area contributed by atoms with E-state index in [1.807, 2.05) is 12.1 Å². The summed E-state index contributed by atoms with van der Waals surface area (Å²) in [5, 5.41) is 0. The number of fused-ring (bicyclic) bond motifs is 2. The van der Waals surface area contributed by atoms with E-state index < -0.39 is 0 Å². The van der Waals surface area contributed by atoms with Gasteiger partial charge in [-0.1, -0.05) is 60.7 Å². The van der Waals surface area contributed by atoms with Gasteiger partial charge in [0.15, 0.2) is 11.5 Å². The van der Waals surface area contributed by atoms with Gasteiger partial charge in [0.05, 0.1) is 0 Å². The van der Waals surface area contributed by atoms with Gasteiger partial charge in [-0.15, -0.1) is 0 Å². The molecule has 2 aliphatic heterocycles. The summed E-state index contributed by atoms with van der Waals surface area (Å²) in [5.41, 5.74) is 3.67. The first-order chi connectivity index (χ1) is 12.4. The predicted octanol–water partition coefficient (Wildman–Crippen LogP) is 5.07. The van der Waals surface area contributed by atoms with Gasteiger partial charge in [-0.3, -0.25) is 0 Å². The quantitative estimate of drug-likeness (QED) is 0.656. The van der Waals surface area contributed by atoms with Gasteiger partial charge in [-0.05, 0) is 23.6 Å². The second kappa shape index (κ2) is 5.85. The Morgan fingerprint density at radius 3 is 2.04 bits per heavy atom. The van der Waals surface area contributed by atoms with Crippen LogP contribution in [0.4, 0.5) is 0 Å². The zero-order chi connectivity index (χ0) is 16.6. The summed E-state index contributed by atoms with van der Waals surface area (Å²) in [6.45, 7) is 0.274. The molecule has 0 aliphatic carbocycles. The van der Waals surface area contributed by atoms with Crippen molar-refractivity contribution >= 4 is 0 Å². The third kappa shape index (κ3) is 2.52. The lowest BCUT2D eigenvalue weighted by Crippen LogP contribution is -2.20. The van der Waals surface area contributed by atoms with E-state index in [-0.39, 0.29) is 18.8 Å². The fourth-order valence-electron chi connectivity index (χ4n) is 3.73. The zero-order valence-corrected chi connectivity index (χ0v) is 13.7. The van der Waals surface area contributed by atoms with Crippen LogP contribution in [-0.2, 0) is 0 Å². The highest BCUT2D eigenvalue weighted by Crippen LogP contribution is 2.49. The van der Waals surface area contributed by atoms with Crippen molar-refractivity contribution in [2.45, 2.75) is 18.4 Å². The van der Waals surface area contributed by atoms with Crippen molar-refractivity contribution in [1.29, 1.82) is 0 Å². The van der Waals surface area contributed by atoms with Gasteiger partial charge in [-0.2, -0.15) is 0 Å². The Morgan fingerprint density at radius 1 is 0.680 bits per heavy atom. The Balaban J connectivity index is 1.62. The molecular weight excluding hydrogens is 312 g/mol. The van der Waals surface area contributed by atoms with Gasteiger partial charge in [0, 0.05) is 17.5 Å². The first-order valence-corrected chi connectivity index (χ1v) is 8.58. The van der Waals surface area contributed by atoms with E-state index in [1.165, 1.54) is 16.7 Å². The lowest BCUT2D eigenvalue weighted by molar-refractivity contribution is 0.166. The summed E-state index contributed by atoms with van der Waals surface area (Å²) >= 11 is 0. The molecule has 0 radical (unpaired) electrons. The molecule has 3 nitrogen and oxygen atoms in total. The molecule has 0 aromatic heterocycles. The van der Waals surface area contributed by atoms with Crippen LogP contribution in [0.1, 0.15) is 35.1 Å². The molecule has 0 unspecified atom stereocenters. The molecule has 0 bridgehead atoms. The van der Waals surface area contributed by atoms with Gasteiger partial charge < -0.3 is 14.2 Å². The summed E-state index contributed by atoms with van der Waals surface area (Å²) in [6.07, 6.45) is 0.931. The van der Waals surface area contributed by atoms with Crippen molar-refractivity contribution in [1.82, 2.24) is 0 Å². The van der Waals surface area contributed by atoms with E-state index in [9.17, 15) is 0 Å². The first-order valence-electron chi connectivity index (χ1n) is 8.58. The van der Waals surface area contributed by atoms with E-state index in [2.05, 4.69) is 60.7 Å². The lowest BCUT2D eigenvalue weighted by Gasteiger charge is -2.33. The van der Waals surface area contributed by atoms with Crippen LogP contribution in [0.5, 0.6) is 17.2 Å². The molecule has 0 N–H and O–H groups in total. The summed E-state index contributed by atoms with van der Waals surface area (Å²) in [4.78, 5) is 0. The van der Waals surface area contributed by atoms with Crippen molar-refractivity contribution < 1.29 is 14.2 Å². The van der Waals surface area contributed by atoms with Gasteiger partial charge in [0.2, 0.25) is 6.79 Å². The minimum Gasteiger partial charge on any atom is -0.485 e. The molecule has 0 saturated heterocycles. The minimum absolute atomic E-state index is 0.0271. The Morgan fingerprint density at radius 2 is 1.32 bits per heavy atom. The van der Waals surface area contributed by atoms with Crippen molar-refractivity contribution in [3.8, 4) is 17.2 Å². The van der Waals surface area contributed by atoms with Crippen molar-refractivity contribution in [2.75, 3.05) is 6.79 Å². The molecule has 0 amide bonds. The van der Waals surface area contributed by atoms with Crippen LogP contribution in [0.25, 0.3) is 0 Å². The third-order valence-electron chi connectivity index (χ3n) is 4.97. The number of hydrogen-bond donors (Lipinski definition) is 0. The monoisotopic (exact) mass is 330 g/mol. The van der Waals surface area contributed by atoms with Crippen molar-refractivity contribution in [3.05, 3.63) is 89.5 Å². The predicted molar refractivity (Wildman–Crippen MR) is 95.3 cm³/mol. The third-order valence-corrected chi connectivity index (χ3v) is 4.97. The van der Waals surface area contributed by atoms with Crippen LogP contribution in [-0.4, -0.2) is 6.79 Å². The van der Waals surface area contributed by atoms with Crippen LogP contribution in [0, 0.1) is 0 Å². The highest BCUT2D eigenvalue weighted by atomic mass is 16.7. The van der Waals surface area contributed by atoms with E-state index in [0.29, 0.717) is 0 Å². The molecule has 2 atom stereocenters. The maximum Gasteiger partial charge on any atom is 0.231 e. The second-order valence-electron chi connectivity index (χ2n) is 6.46. The molecule has 2 heterocycles. The topological polar surface area (TPSA) is 27.7 Å². The Hall–Kier alpha value is -2.94. The van der Waals surface area contributed by atoms with Crippen LogP contribution < -0.4 is 14.2 Å². The summed E-state index contributed by atoms with van der Waals surface area (Å²) in [6, 6.07) is 25.1. The van der Waals surface area contributed by atoms with E-state index in [1.54, 1.807) is 0 Å². The number of ether oxygens (including phenoxy) is 3. The first kappa shape index (κ1) is 14.4. The van der Waals surface area contributed by atoms with Gasteiger partial charge >= 0.3 is 0 Å². The largest absolute Gasteiger partial charge is 0.485 e. The average Bonchev–Trinajstić information content (AvgIpc) is 3.14. The standard InChI is InChI=1S/C22H18O3/c1-3-7-15(8-4-1)17-11-19(16-9-5-2-6-10-16)25-20-13-22-21(12-18(17)20)23-14-24-22/h1-10,12-13,17,19H,11,14H2/t17-,19+/m1/s1. The van der Waals surface area contributed by atoms with Crippen LogP contribution in [0.15, 0.2) is 72.8 Å². The van der Waals surface area contributed by atoms with E-state index in [4.69, 9.17) is 14.2 Å². The zero-order valence-electron chi connectivity index (χ0n) is 13.7. The summed E-state index contributed by atoms with van der Waals surface area (Å²) < 4.78 is 17.5. The molecule has 2 aliphatic rings. The molecule has 3 aromatic rings. The molecule has 0 saturated carbocycles. The van der Waals surface area contributed by atoms with E-state index in [0.717, 1.165) is 23.7 Å². The second-order valence-corrected chi connectivity index (χ2v) is 6.46. The fraction of sp³-hybridized carbons (Fsp3) is 0.182. The van der Waals surface area contributed by atoms with Gasteiger partial charge in [-0.25, -0.2) is 0 Å². The smallest absolute Gasteiger partial charge is 0.231 e. The number of hydrogen-bond acceptors (Lipinski definition) is 3. The van der Waals surface area contributed by atoms with Crippen LogP contribution in [0.3, 0.4) is 0 Å². The summed E-state index contributed by atoms with van der Waals surface area (Å²) in [7, 11) is 0. The van der Waals surface area contributed by atoms with Crippen LogP contribution in [0.2, 0.25) is 0 Å². The van der Waals surface area contributed by atoms with Gasteiger partial charge in [0.25, 0.3) is 0 Å². The maximum absolute atomic E-state index is 6.36. The molecular formula is C22H18O3. The number of benzene rings is 3. The van der Waals surface area contributed by atoms with E-state index >= 15 is 0 Å². The fourth-order valence-corrected chi connectivity index (χ4v) is 3.73. The highest BCUT2D eigenvalue weighted by Gasteiger charge is 2.32. The van der Waals surface area contributed by atoms with Crippen molar-refractivity contribution in [3.63, 3.8) is 0 Å².